The molecule has 4 heteroatoms. The van der Waals surface area contributed by atoms with Crippen molar-refractivity contribution in [1.29, 1.82) is 0 Å². The Hall–Kier alpha value is -2.10. The Kier molecular flexibility index (Phi) is 4.34. The first-order valence-corrected chi connectivity index (χ1v) is 7.85. The van der Waals surface area contributed by atoms with E-state index < -0.39 is 0 Å². The van der Waals surface area contributed by atoms with Crippen LogP contribution in [0.3, 0.4) is 0 Å². The molecular weight excluding hydrogens is 260 g/mol. The molecule has 0 atom stereocenters. The van der Waals surface area contributed by atoms with Crippen molar-refractivity contribution in [2.24, 2.45) is 0 Å². The number of nitrogens with one attached hydrogen (secondary N) is 2. The average molecular weight is 282 g/mol. The SMILES string of the molecule is CCCCCCCNc1ncnc2c1[nH]c1ccccc12. The number of hydrogen-bond donors (Lipinski definition) is 2. The molecule has 0 radical (unpaired) electrons. The number of anilines is 1. The standard InChI is InChI=1S/C17H22N4/c1-2-3-4-5-8-11-18-17-16-15(19-12-20-17)13-9-6-7-10-14(13)21-16/h6-7,9-10,12,21H,2-5,8,11H2,1H3,(H,18,19,20). The van der Waals surface area contributed by atoms with Gasteiger partial charge < -0.3 is 10.3 Å². The average Bonchev–Trinajstić information content (AvgIpc) is 2.90. The van der Waals surface area contributed by atoms with Gasteiger partial charge in [-0.3, -0.25) is 0 Å². The van der Waals surface area contributed by atoms with Gasteiger partial charge in [0.15, 0.2) is 5.82 Å². The highest BCUT2D eigenvalue weighted by molar-refractivity contribution is 6.07. The number of nitrogens with zero attached hydrogens (tertiary/aromatic N) is 2. The van der Waals surface area contributed by atoms with Crippen molar-refractivity contribution in [3.8, 4) is 0 Å². The highest BCUT2D eigenvalue weighted by Gasteiger charge is 2.09. The van der Waals surface area contributed by atoms with E-state index in [9.17, 15) is 0 Å². The molecule has 0 saturated heterocycles. The minimum absolute atomic E-state index is 0.909. The lowest BCUT2D eigenvalue weighted by molar-refractivity contribution is 0.645. The number of aromatic nitrogens is 3. The summed E-state index contributed by atoms with van der Waals surface area (Å²) in [6, 6.07) is 8.24. The van der Waals surface area contributed by atoms with Crippen LogP contribution in [-0.2, 0) is 0 Å². The number of benzene rings is 1. The maximum atomic E-state index is 4.42. The van der Waals surface area contributed by atoms with Gasteiger partial charge in [-0.15, -0.1) is 0 Å². The molecule has 2 aromatic heterocycles. The summed E-state index contributed by atoms with van der Waals surface area (Å²) in [7, 11) is 0. The topological polar surface area (TPSA) is 53.6 Å². The normalized spacial score (nSPS) is 11.3. The van der Waals surface area contributed by atoms with Gasteiger partial charge in [0.05, 0.1) is 0 Å². The molecule has 0 aliphatic rings. The van der Waals surface area contributed by atoms with Gasteiger partial charge in [0.25, 0.3) is 0 Å². The largest absolute Gasteiger partial charge is 0.368 e. The van der Waals surface area contributed by atoms with Gasteiger partial charge in [0, 0.05) is 17.4 Å². The van der Waals surface area contributed by atoms with Gasteiger partial charge in [0.2, 0.25) is 0 Å². The van der Waals surface area contributed by atoms with E-state index in [4.69, 9.17) is 0 Å². The molecule has 0 fully saturated rings. The van der Waals surface area contributed by atoms with E-state index >= 15 is 0 Å². The summed E-state index contributed by atoms with van der Waals surface area (Å²) in [5, 5.41) is 4.60. The van der Waals surface area contributed by atoms with Crippen LogP contribution in [0.4, 0.5) is 5.82 Å². The number of H-pyrrole nitrogens is 1. The van der Waals surface area contributed by atoms with Gasteiger partial charge in [-0.1, -0.05) is 50.8 Å². The van der Waals surface area contributed by atoms with Gasteiger partial charge in [0.1, 0.15) is 17.4 Å². The monoisotopic (exact) mass is 282 g/mol. The minimum Gasteiger partial charge on any atom is -0.368 e. The fraction of sp³-hybridized carbons (Fsp3) is 0.412. The van der Waals surface area contributed by atoms with Crippen LogP contribution in [-0.4, -0.2) is 21.5 Å². The number of unbranched alkanes of at least 4 members (excludes halogenated alkanes) is 4. The van der Waals surface area contributed by atoms with E-state index in [0.717, 1.165) is 34.3 Å². The second-order valence-corrected chi connectivity index (χ2v) is 5.46. The molecule has 0 aliphatic heterocycles. The molecule has 3 rings (SSSR count). The number of hydrogen-bond acceptors (Lipinski definition) is 3. The third-order valence-electron chi connectivity index (χ3n) is 3.86. The summed E-state index contributed by atoms with van der Waals surface area (Å²) in [6.07, 6.45) is 8.05. The zero-order valence-electron chi connectivity index (χ0n) is 12.5. The molecule has 2 heterocycles. The number of rotatable bonds is 7. The molecule has 0 aliphatic carbocycles. The lowest BCUT2D eigenvalue weighted by atomic mass is 10.1. The summed E-state index contributed by atoms with van der Waals surface area (Å²) in [5.41, 5.74) is 3.11. The first-order valence-electron chi connectivity index (χ1n) is 7.85. The summed E-state index contributed by atoms with van der Waals surface area (Å²) in [5.74, 6) is 0.909. The predicted octanol–water partition coefficient (Wildman–Crippen LogP) is 4.49. The summed E-state index contributed by atoms with van der Waals surface area (Å²) < 4.78 is 0. The van der Waals surface area contributed by atoms with E-state index in [2.05, 4.69) is 39.3 Å². The zero-order chi connectivity index (χ0) is 14.5. The van der Waals surface area contributed by atoms with Crippen molar-refractivity contribution in [3.05, 3.63) is 30.6 Å². The molecule has 1 aromatic carbocycles. The van der Waals surface area contributed by atoms with Crippen molar-refractivity contribution in [3.63, 3.8) is 0 Å². The first kappa shape index (κ1) is 13.9. The van der Waals surface area contributed by atoms with Crippen molar-refractivity contribution in [2.45, 2.75) is 39.0 Å². The van der Waals surface area contributed by atoms with Gasteiger partial charge in [-0.25, -0.2) is 9.97 Å². The molecule has 2 N–H and O–H groups in total. The molecule has 110 valence electrons. The second-order valence-electron chi connectivity index (χ2n) is 5.46. The van der Waals surface area contributed by atoms with E-state index in [1.165, 1.54) is 32.1 Å². The maximum Gasteiger partial charge on any atom is 0.153 e. The Balaban J connectivity index is 1.73. The van der Waals surface area contributed by atoms with Crippen LogP contribution < -0.4 is 5.32 Å². The minimum atomic E-state index is 0.909. The molecule has 3 aromatic rings. The van der Waals surface area contributed by atoms with Crippen molar-refractivity contribution < 1.29 is 0 Å². The van der Waals surface area contributed by atoms with Gasteiger partial charge in [-0.05, 0) is 12.5 Å². The van der Waals surface area contributed by atoms with Crippen molar-refractivity contribution in [1.82, 2.24) is 15.0 Å². The van der Waals surface area contributed by atoms with E-state index in [0.29, 0.717) is 0 Å². The number of para-hydroxylation sites is 1. The lowest BCUT2D eigenvalue weighted by Crippen LogP contribution is -2.04. The molecule has 0 spiro atoms. The van der Waals surface area contributed by atoms with Gasteiger partial charge in [-0.2, -0.15) is 0 Å². The number of fused-ring (bicyclic) bond motifs is 3. The summed E-state index contributed by atoms with van der Waals surface area (Å²) >= 11 is 0. The molecule has 0 bridgehead atoms. The van der Waals surface area contributed by atoms with E-state index in [1.54, 1.807) is 6.33 Å². The van der Waals surface area contributed by atoms with Crippen molar-refractivity contribution >= 4 is 27.8 Å². The number of aromatic amines is 1. The highest BCUT2D eigenvalue weighted by atomic mass is 15.0. The molecule has 21 heavy (non-hydrogen) atoms. The van der Waals surface area contributed by atoms with Crippen LogP contribution >= 0.6 is 0 Å². The van der Waals surface area contributed by atoms with Gasteiger partial charge >= 0.3 is 0 Å². The lowest BCUT2D eigenvalue weighted by Gasteiger charge is -2.06. The third kappa shape index (κ3) is 2.99. The fourth-order valence-corrected chi connectivity index (χ4v) is 2.71. The Bertz CT molecular complexity index is 717. The van der Waals surface area contributed by atoms with Crippen LogP contribution in [0.5, 0.6) is 0 Å². The Morgan fingerprint density at radius 2 is 1.90 bits per heavy atom. The highest BCUT2D eigenvalue weighted by Crippen LogP contribution is 2.26. The summed E-state index contributed by atoms with van der Waals surface area (Å²) in [6.45, 7) is 3.21. The molecule has 0 amide bonds. The van der Waals surface area contributed by atoms with Crippen LogP contribution in [0.1, 0.15) is 39.0 Å². The zero-order valence-corrected chi connectivity index (χ0v) is 12.5. The Morgan fingerprint density at radius 1 is 1.05 bits per heavy atom. The first-order chi connectivity index (χ1) is 10.4. The molecule has 0 unspecified atom stereocenters. The van der Waals surface area contributed by atoms with Crippen LogP contribution in [0.2, 0.25) is 0 Å². The molecular formula is C17H22N4. The van der Waals surface area contributed by atoms with Crippen LogP contribution in [0.25, 0.3) is 21.9 Å². The quantitative estimate of drug-likeness (QED) is 0.628. The Labute approximate surface area is 125 Å². The van der Waals surface area contributed by atoms with E-state index in [1.807, 2.05) is 12.1 Å². The third-order valence-corrected chi connectivity index (χ3v) is 3.86. The summed E-state index contributed by atoms with van der Waals surface area (Å²) in [4.78, 5) is 12.2. The fourth-order valence-electron chi connectivity index (χ4n) is 2.71. The predicted molar refractivity (Wildman–Crippen MR) is 88.6 cm³/mol. The van der Waals surface area contributed by atoms with Crippen LogP contribution in [0, 0.1) is 0 Å². The second kappa shape index (κ2) is 6.57. The smallest absolute Gasteiger partial charge is 0.153 e. The van der Waals surface area contributed by atoms with E-state index in [-0.39, 0.29) is 0 Å². The molecule has 4 nitrogen and oxygen atoms in total. The maximum absolute atomic E-state index is 4.42. The Morgan fingerprint density at radius 3 is 2.81 bits per heavy atom. The molecule has 0 saturated carbocycles. The van der Waals surface area contributed by atoms with Crippen LogP contribution in [0.15, 0.2) is 30.6 Å². The van der Waals surface area contributed by atoms with Crippen molar-refractivity contribution in [2.75, 3.05) is 11.9 Å².